The van der Waals surface area contributed by atoms with E-state index in [1.165, 1.54) is 5.56 Å². The van der Waals surface area contributed by atoms with Crippen molar-refractivity contribution in [3.63, 3.8) is 0 Å². The molecule has 0 spiro atoms. The summed E-state index contributed by atoms with van der Waals surface area (Å²) in [5.41, 5.74) is 3.08. The summed E-state index contributed by atoms with van der Waals surface area (Å²) in [5.74, 6) is 0. The number of aldehydes is 1. The van der Waals surface area contributed by atoms with Gasteiger partial charge in [0.2, 0.25) is 0 Å². The second-order valence-electron chi connectivity index (χ2n) is 5.49. The van der Waals surface area contributed by atoms with Gasteiger partial charge in [0.15, 0.2) is 6.29 Å². The third-order valence-corrected chi connectivity index (χ3v) is 2.61. The molecule has 0 aliphatic carbocycles. The lowest BCUT2D eigenvalue weighted by Crippen LogP contribution is -2.10. The molecule has 0 N–H and O–H groups in total. The predicted octanol–water partition coefficient (Wildman–Crippen LogP) is 3.09. The maximum absolute atomic E-state index is 11.0. The Bertz CT molecular complexity index is 408. The quantitative estimate of drug-likeness (QED) is 0.588. The molecule has 0 fully saturated rings. The first-order chi connectivity index (χ1) is 7.84. The first kappa shape index (κ1) is 13.5. The van der Waals surface area contributed by atoms with Gasteiger partial charge >= 0.3 is 0 Å². The summed E-state index contributed by atoms with van der Waals surface area (Å²) in [4.78, 5) is 12.9. The van der Waals surface area contributed by atoms with Gasteiger partial charge in [-0.15, -0.1) is 0 Å². The van der Waals surface area contributed by atoms with E-state index in [4.69, 9.17) is 0 Å². The molecular formula is C15H21NO. The molecule has 1 aromatic rings. The number of benzene rings is 1. The Balaban J connectivity index is 3.06. The van der Waals surface area contributed by atoms with Crippen LogP contribution in [0.2, 0.25) is 0 Å². The van der Waals surface area contributed by atoms with Gasteiger partial charge in [-0.25, -0.2) is 0 Å². The lowest BCUT2D eigenvalue weighted by molar-refractivity contribution is -0.103. The van der Waals surface area contributed by atoms with Gasteiger partial charge in [-0.3, -0.25) is 4.79 Å². The summed E-state index contributed by atoms with van der Waals surface area (Å²) < 4.78 is 0. The average Bonchev–Trinajstić information content (AvgIpc) is 2.24. The lowest BCUT2D eigenvalue weighted by atomic mass is 9.86. The minimum atomic E-state index is 0.144. The van der Waals surface area contributed by atoms with Crippen molar-refractivity contribution in [3.8, 4) is 0 Å². The van der Waals surface area contributed by atoms with Crippen molar-refractivity contribution >= 4 is 11.9 Å². The zero-order chi connectivity index (χ0) is 13.1. The molecule has 2 nitrogen and oxygen atoms in total. The van der Waals surface area contributed by atoms with Gasteiger partial charge in [0, 0.05) is 25.9 Å². The highest BCUT2D eigenvalue weighted by Gasteiger charge is 2.13. The van der Waals surface area contributed by atoms with Crippen LogP contribution < -0.4 is 0 Å². The van der Waals surface area contributed by atoms with E-state index in [2.05, 4.69) is 32.9 Å². The van der Waals surface area contributed by atoms with Crippen molar-refractivity contribution < 1.29 is 4.79 Å². The number of carbonyl (C=O) groups is 1. The van der Waals surface area contributed by atoms with E-state index >= 15 is 0 Å². The fraction of sp³-hybridized carbons (Fsp3) is 0.400. The van der Waals surface area contributed by atoms with E-state index in [1.807, 2.05) is 37.3 Å². The minimum absolute atomic E-state index is 0.144. The van der Waals surface area contributed by atoms with Crippen LogP contribution in [0.25, 0.3) is 5.57 Å². The Morgan fingerprint density at radius 1 is 1.12 bits per heavy atom. The fourth-order valence-electron chi connectivity index (χ4n) is 1.61. The average molecular weight is 231 g/mol. The van der Waals surface area contributed by atoms with Crippen LogP contribution in [0.3, 0.4) is 0 Å². The standard InChI is InChI=1S/C15H21NO/c1-15(2,3)14-8-6-12(7-9-14)13(11-17)10-16(4)5/h6-11H,1-5H3/b13-10+. The molecule has 0 atom stereocenters. The monoisotopic (exact) mass is 231 g/mol. The third kappa shape index (κ3) is 3.74. The van der Waals surface area contributed by atoms with Crippen molar-refractivity contribution in [1.29, 1.82) is 0 Å². The Kier molecular flexibility index (Phi) is 4.11. The summed E-state index contributed by atoms with van der Waals surface area (Å²) in [6.45, 7) is 6.54. The summed E-state index contributed by atoms with van der Waals surface area (Å²) in [6.07, 6.45) is 2.73. The summed E-state index contributed by atoms with van der Waals surface area (Å²) in [5, 5.41) is 0. The summed E-state index contributed by atoms with van der Waals surface area (Å²) in [7, 11) is 3.82. The Morgan fingerprint density at radius 3 is 2.00 bits per heavy atom. The van der Waals surface area contributed by atoms with Crippen LogP contribution in [0.5, 0.6) is 0 Å². The SMILES string of the molecule is CN(C)/C=C(\C=O)c1ccc(C(C)(C)C)cc1. The highest BCUT2D eigenvalue weighted by Crippen LogP contribution is 2.23. The van der Waals surface area contributed by atoms with Crippen LogP contribution in [-0.4, -0.2) is 25.3 Å². The molecule has 1 aromatic carbocycles. The van der Waals surface area contributed by atoms with Gasteiger partial charge in [-0.05, 0) is 16.5 Å². The fourth-order valence-corrected chi connectivity index (χ4v) is 1.61. The van der Waals surface area contributed by atoms with Crippen molar-refractivity contribution in [2.24, 2.45) is 0 Å². The van der Waals surface area contributed by atoms with Crippen molar-refractivity contribution in [2.75, 3.05) is 14.1 Å². The number of nitrogens with zero attached hydrogens (tertiary/aromatic N) is 1. The van der Waals surface area contributed by atoms with Gasteiger partial charge < -0.3 is 4.90 Å². The molecule has 0 aromatic heterocycles. The third-order valence-electron chi connectivity index (χ3n) is 2.61. The Labute approximate surface area is 104 Å². The summed E-state index contributed by atoms with van der Waals surface area (Å²) in [6, 6.07) is 8.18. The minimum Gasteiger partial charge on any atom is -0.383 e. The first-order valence-electron chi connectivity index (χ1n) is 5.79. The molecule has 0 radical (unpaired) electrons. The van der Waals surface area contributed by atoms with Crippen molar-refractivity contribution in [1.82, 2.24) is 4.90 Å². The Morgan fingerprint density at radius 2 is 1.65 bits per heavy atom. The number of allylic oxidation sites excluding steroid dienone is 1. The van der Waals surface area contributed by atoms with Crippen molar-refractivity contribution in [2.45, 2.75) is 26.2 Å². The molecule has 92 valence electrons. The van der Waals surface area contributed by atoms with Gasteiger partial charge in [0.05, 0.1) is 0 Å². The molecule has 17 heavy (non-hydrogen) atoms. The van der Waals surface area contributed by atoms with Crippen LogP contribution in [0.4, 0.5) is 0 Å². The molecule has 0 heterocycles. The number of rotatable bonds is 3. The second kappa shape index (κ2) is 5.17. The first-order valence-corrected chi connectivity index (χ1v) is 5.79. The molecule has 0 unspecified atom stereocenters. The maximum Gasteiger partial charge on any atom is 0.152 e. The van der Waals surface area contributed by atoms with E-state index in [1.54, 1.807) is 0 Å². The highest BCUT2D eigenvalue weighted by molar-refractivity contribution is 6.06. The second-order valence-corrected chi connectivity index (χ2v) is 5.49. The molecular weight excluding hydrogens is 210 g/mol. The van der Waals surface area contributed by atoms with Crippen molar-refractivity contribution in [3.05, 3.63) is 41.6 Å². The Hall–Kier alpha value is -1.57. The smallest absolute Gasteiger partial charge is 0.152 e. The molecule has 0 saturated carbocycles. The van der Waals surface area contributed by atoms with Crippen LogP contribution >= 0.6 is 0 Å². The zero-order valence-corrected chi connectivity index (χ0v) is 11.3. The van der Waals surface area contributed by atoms with Gasteiger partial charge in [0.1, 0.15) is 0 Å². The topological polar surface area (TPSA) is 20.3 Å². The van der Waals surface area contributed by atoms with Crippen LogP contribution in [0.1, 0.15) is 31.9 Å². The molecule has 0 saturated heterocycles. The molecule has 2 heteroatoms. The molecule has 0 aliphatic heterocycles. The van der Waals surface area contributed by atoms with Crippen LogP contribution in [0, 0.1) is 0 Å². The van der Waals surface area contributed by atoms with Crippen LogP contribution in [-0.2, 0) is 10.2 Å². The van der Waals surface area contributed by atoms with Gasteiger partial charge in [-0.1, -0.05) is 45.0 Å². The lowest BCUT2D eigenvalue weighted by Gasteiger charge is -2.19. The van der Waals surface area contributed by atoms with E-state index < -0.39 is 0 Å². The van der Waals surface area contributed by atoms with Crippen LogP contribution in [0.15, 0.2) is 30.5 Å². The zero-order valence-electron chi connectivity index (χ0n) is 11.3. The predicted molar refractivity (Wildman–Crippen MR) is 72.9 cm³/mol. The molecule has 1 rings (SSSR count). The number of carbonyl (C=O) groups excluding carboxylic acids is 1. The van der Waals surface area contributed by atoms with E-state index in [-0.39, 0.29) is 5.41 Å². The molecule has 0 amide bonds. The maximum atomic E-state index is 11.0. The van der Waals surface area contributed by atoms with E-state index in [0.29, 0.717) is 5.57 Å². The normalized spacial score (nSPS) is 12.4. The number of hydrogen-bond acceptors (Lipinski definition) is 2. The largest absolute Gasteiger partial charge is 0.383 e. The van der Waals surface area contributed by atoms with Gasteiger partial charge in [-0.2, -0.15) is 0 Å². The van der Waals surface area contributed by atoms with E-state index in [9.17, 15) is 4.79 Å². The highest BCUT2D eigenvalue weighted by atomic mass is 16.1. The van der Waals surface area contributed by atoms with E-state index in [0.717, 1.165) is 11.8 Å². The number of hydrogen-bond donors (Lipinski definition) is 0. The summed E-state index contributed by atoms with van der Waals surface area (Å²) >= 11 is 0. The molecule has 0 bridgehead atoms. The van der Waals surface area contributed by atoms with Gasteiger partial charge in [0.25, 0.3) is 0 Å². The molecule has 0 aliphatic rings.